The molecule has 1 aromatic heterocycles. The van der Waals surface area contributed by atoms with Gasteiger partial charge in [-0.15, -0.1) is 0 Å². The summed E-state index contributed by atoms with van der Waals surface area (Å²) in [5.74, 6) is 0. The van der Waals surface area contributed by atoms with Crippen LogP contribution in [0.5, 0.6) is 0 Å². The summed E-state index contributed by atoms with van der Waals surface area (Å²) in [4.78, 5) is 14.8. The molecule has 5 heteroatoms. The van der Waals surface area contributed by atoms with E-state index in [4.69, 9.17) is 17.8 Å². The Morgan fingerprint density at radius 1 is 1.71 bits per heavy atom. The number of aromatic nitrogens is 1. The molecule has 5 nitrogen and oxygen atoms in total. The van der Waals surface area contributed by atoms with E-state index < -0.39 is 68.6 Å². The van der Waals surface area contributed by atoms with E-state index in [1.54, 1.807) is 5.32 Å². The highest BCUT2D eigenvalue weighted by atomic mass is 16.6. The number of amides is 1. The second-order valence-corrected chi connectivity index (χ2v) is 4.32. The number of cyclic esters (lactones) is 1. The van der Waals surface area contributed by atoms with E-state index in [2.05, 4.69) is 9.72 Å². The normalized spacial score (nSPS) is 35.1. The van der Waals surface area contributed by atoms with E-state index in [0.29, 0.717) is 4.90 Å². The van der Waals surface area contributed by atoms with Gasteiger partial charge in [-0.1, -0.05) is 6.04 Å². The fraction of sp³-hybridized carbons (Fsp3) is 0.438. The number of alkyl carbamates (subject to hydrolysis) is 1. The van der Waals surface area contributed by atoms with Crippen LogP contribution in [0, 0.1) is 0 Å². The van der Waals surface area contributed by atoms with Crippen molar-refractivity contribution in [1.29, 1.82) is 0 Å². The summed E-state index contributed by atoms with van der Waals surface area (Å²) in [6, 6.07) is -5.33. The number of aromatic amines is 1. The molecule has 2 aromatic rings. The number of carbonyl (C=O) groups is 1. The Labute approximate surface area is 142 Å². The average Bonchev–Trinajstić information content (AvgIpc) is 3.16. The number of benzene rings is 1. The Bertz CT molecular complexity index is 1160. The number of likely N-dealkylation sites (N-methyl/N-ethyl adjacent to an activating group) is 1. The standard InChI is InChI=1S/C16H21N3O2/c1-19(2)6-5-12-9-17-15-4-3-11(8-14(12)15)7-13-10-21-16(20)18-13/h3-4,8-9,13,17H,5-7,10H2,1-2H3,(H,18,20)/t13-/m0/s1/i1D3,3D,4D,6D2,7D2,8D,10D2,13D. The first-order chi connectivity index (χ1) is 15.2. The summed E-state index contributed by atoms with van der Waals surface area (Å²) in [5, 5.41) is 1.55. The van der Waals surface area contributed by atoms with Gasteiger partial charge in [0.1, 0.15) is 6.56 Å². The minimum atomic E-state index is -3.26. The smallest absolute Gasteiger partial charge is 0.407 e. The molecule has 1 saturated heterocycles. The predicted octanol–water partition coefficient (Wildman–Crippen LogP) is 1.92. The highest BCUT2D eigenvalue weighted by molar-refractivity contribution is 5.84. The molecule has 21 heavy (non-hydrogen) atoms. The zero-order chi connectivity index (χ0) is 26.2. The van der Waals surface area contributed by atoms with Crippen LogP contribution in [0.3, 0.4) is 0 Å². The lowest BCUT2D eigenvalue weighted by Crippen LogP contribution is -2.28. The molecule has 2 N–H and O–H groups in total. The number of nitrogens with zero attached hydrogens (tertiary/aromatic N) is 1. The highest BCUT2D eigenvalue weighted by Gasteiger charge is 2.22. The van der Waals surface area contributed by atoms with Crippen LogP contribution in [0.4, 0.5) is 4.79 Å². The predicted molar refractivity (Wildman–Crippen MR) is 82.5 cm³/mol. The number of hydrogen-bond acceptors (Lipinski definition) is 3. The first-order valence-corrected chi connectivity index (χ1v) is 6.04. The van der Waals surface area contributed by atoms with Gasteiger partial charge in [0.05, 0.1) is 14.2 Å². The van der Waals surface area contributed by atoms with Gasteiger partial charge in [0.25, 0.3) is 0 Å². The maximum Gasteiger partial charge on any atom is 0.407 e. The van der Waals surface area contributed by atoms with Gasteiger partial charge < -0.3 is 19.9 Å². The number of hydrogen-bond donors (Lipinski definition) is 2. The number of fused-ring (bicyclic) bond motifs is 1. The van der Waals surface area contributed by atoms with Gasteiger partial charge in [-0.25, -0.2) is 4.79 Å². The molecule has 0 aliphatic carbocycles. The van der Waals surface area contributed by atoms with Crippen LogP contribution in [0.25, 0.3) is 10.9 Å². The molecule has 1 atom stereocenters. The van der Waals surface area contributed by atoms with E-state index >= 15 is 0 Å². The van der Waals surface area contributed by atoms with Gasteiger partial charge in [-0.2, -0.15) is 0 Å². The summed E-state index contributed by atoms with van der Waals surface area (Å²) < 4.78 is 109. The fourth-order valence-corrected chi connectivity index (χ4v) is 1.82. The molecular formula is C16H21N3O2. The van der Waals surface area contributed by atoms with Crippen LogP contribution in [0.2, 0.25) is 0 Å². The number of rotatable bonds is 5. The fourth-order valence-electron chi connectivity index (χ4n) is 1.82. The molecule has 2 heterocycles. The first-order valence-electron chi connectivity index (χ1n) is 12.5. The van der Waals surface area contributed by atoms with Crippen molar-refractivity contribution in [3.8, 4) is 0 Å². The van der Waals surface area contributed by atoms with Gasteiger partial charge in [0.15, 0.2) is 0 Å². The minimum absolute atomic E-state index is 0.000369. The third-order valence-corrected chi connectivity index (χ3v) is 2.75. The maximum atomic E-state index is 11.6. The van der Waals surface area contributed by atoms with E-state index in [-0.39, 0.29) is 16.5 Å². The second-order valence-electron chi connectivity index (χ2n) is 4.32. The van der Waals surface area contributed by atoms with Crippen LogP contribution >= 0.6 is 0 Å². The number of aryl methyl sites for hydroxylation is 1. The zero-order valence-corrected chi connectivity index (χ0v) is 11.0. The molecule has 3 rings (SSSR count). The van der Waals surface area contributed by atoms with Crippen LogP contribution in [0.15, 0.2) is 24.3 Å². The van der Waals surface area contributed by atoms with Crippen LogP contribution in [-0.4, -0.2) is 49.1 Å². The van der Waals surface area contributed by atoms with E-state index in [1.807, 2.05) is 0 Å². The topological polar surface area (TPSA) is 57.4 Å². The van der Waals surface area contributed by atoms with Gasteiger partial charge in [-0.05, 0) is 50.0 Å². The molecule has 112 valence electrons. The van der Waals surface area contributed by atoms with Crippen LogP contribution in [0.1, 0.15) is 28.9 Å². The Morgan fingerprint density at radius 2 is 2.62 bits per heavy atom. The van der Waals surface area contributed by atoms with Gasteiger partial charge in [-0.3, -0.25) is 0 Å². The number of nitrogens with one attached hydrogen (secondary N) is 2. The molecule has 0 saturated carbocycles. The molecule has 1 aliphatic rings. The average molecular weight is 300 g/mol. The van der Waals surface area contributed by atoms with Crippen molar-refractivity contribution in [2.45, 2.75) is 18.8 Å². The van der Waals surface area contributed by atoms with Gasteiger partial charge in [0, 0.05) is 33.2 Å². The third kappa shape index (κ3) is 3.19. The largest absolute Gasteiger partial charge is 0.447 e. The lowest BCUT2D eigenvalue weighted by molar-refractivity contribution is 0.177. The van der Waals surface area contributed by atoms with Crippen molar-refractivity contribution in [2.75, 3.05) is 27.1 Å². The van der Waals surface area contributed by atoms with Crippen molar-refractivity contribution in [2.24, 2.45) is 0 Å². The Kier molecular flexibility index (Phi) is 1.46. The zero-order valence-electron chi connectivity index (χ0n) is 24.0. The molecule has 0 unspecified atom stereocenters. The number of ether oxygens (including phenoxy) is 1. The lowest BCUT2D eigenvalue weighted by atomic mass is 10.0. The van der Waals surface area contributed by atoms with Crippen LogP contribution in [-0.2, 0) is 17.5 Å². The number of carbonyl (C=O) groups excluding carboxylic acids is 1. The third-order valence-electron chi connectivity index (χ3n) is 2.75. The second kappa shape index (κ2) is 5.77. The van der Waals surface area contributed by atoms with Crippen molar-refractivity contribution in [3.63, 3.8) is 0 Å². The Morgan fingerprint density at radius 3 is 3.38 bits per heavy atom. The Balaban J connectivity index is 2.24. The summed E-state index contributed by atoms with van der Waals surface area (Å²) >= 11 is 0. The van der Waals surface area contributed by atoms with Gasteiger partial charge >= 0.3 is 6.09 Å². The van der Waals surface area contributed by atoms with Crippen molar-refractivity contribution in [3.05, 3.63) is 35.5 Å². The summed E-state index contributed by atoms with van der Waals surface area (Å²) in [7, 11) is 1.04. The van der Waals surface area contributed by atoms with Crippen molar-refractivity contribution >= 4 is 17.0 Å². The van der Waals surface area contributed by atoms with E-state index in [9.17, 15) is 4.79 Å². The van der Waals surface area contributed by atoms with E-state index in [0.717, 1.165) is 7.05 Å². The van der Waals surface area contributed by atoms with Gasteiger partial charge in [0.2, 0.25) is 0 Å². The molecule has 1 fully saturated rings. The molecule has 0 radical (unpaired) electrons. The maximum absolute atomic E-state index is 11.6. The lowest BCUT2D eigenvalue weighted by Gasteiger charge is -2.09. The monoisotopic (exact) mass is 300 g/mol. The molecule has 0 spiro atoms. The molecule has 1 amide bonds. The summed E-state index contributed by atoms with van der Waals surface area (Å²) in [5.41, 5.74) is -1.01. The molecule has 0 bridgehead atoms. The summed E-state index contributed by atoms with van der Waals surface area (Å²) in [6.45, 7) is -8.46. The quantitative estimate of drug-likeness (QED) is 0.887. The Hall–Kier alpha value is -2.01. The van der Waals surface area contributed by atoms with Crippen molar-refractivity contribution < 1.29 is 27.4 Å². The highest BCUT2D eigenvalue weighted by Crippen LogP contribution is 2.21. The molecule has 1 aliphatic heterocycles. The SMILES string of the molecule is [2H]c1c(C([2H])([2H])[C@]2([2H])NC(=O)OC2([2H])[2H])c([2H])c2c(CC([2H])([2H])N(C)C([2H])([2H])[2H])c[nH]c2c1[2H]. The minimum Gasteiger partial charge on any atom is -0.447 e. The van der Waals surface area contributed by atoms with Crippen molar-refractivity contribution in [1.82, 2.24) is 15.2 Å². The summed E-state index contributed by atoms with van der Waals surface area (Å²) in [6.07, 6.45) is -4.07. The molecular weight excluding hydrogens is 266 g/mol. The first kappa shape index (κ1) is 5.32. The molecule has 1 aromatic carbocycles. The number of H-pyrrole nitrogens is 1. The van der Waals surface area contributed by atoms with Crippen LogP contribution < -0.4 is 5.32 Å². The van der Waals surface area contributed by atoms with E-state index in [1.165, 1.54) is 6.20 Å².